The number of nitrogens with zero attached hydrogens (tertiary/aromatic N) is 3. The van der Waals surface area contributed by atoms with Gasteiger partial charge in [-0.15, -0.1) is 0 Å². The second-order valence-corrected chi connectivity index (χ2v) is 9.24. The molecule has 0 saturated carbocycles. The number of benzene rings is 2. The molecule has 1 aromatic heterocycles. The van der Waals surface area contributed by atoms with Gasteiger partial charge < -0.3 is 18.9 Å². The normalized spacial score (nSPS) is 15.6. The summed E-state index contributed by atoms with van der Waals surface area (Å²) in [4.78, 5) is 17.2. The highest BCUT2D eigenvalue weighted by molar-refractivity contribution is 6.42. The second kappa shape index (κ2) is 10.7. The Morgan fingerprint density at radius 3 is 2.56 bits per heavy atom. The molecule has 1 amide bonds. The molecule has 0 saturated heterocycles. The summed E-state index contributed by atoms with van der Waals surface area (Å²) in [7, 11) is 5.09. The molecule has 8 heteroatoms. The van der Waals surface area contributed by atoms with E-state index in [1.807, 2.05) is 49.5 Å². The lowest BCUT2D eigenvalue weighted by Gasteiger charge is -2.37. The van der Waals surface area contributed by atoms with E-state index >= 15 is 0 Å². The molecule has 0 spiro atoms. The van der Waals surface area contributed by atoms with Crippen molar-refractivity contribution in [2.75, 3.05) is 40.9 Å². The summed E-state index contributed by atoms with van der Waals surface area (Å²) in [5, 5.41) is 1.04. The highest BCUT2D eigenvalue weighted by Gasteiger charge is 2.31. The van der Waals surface area contributed by atoms with Crippen LogP contribution in [0, 0.1) is 0 Å². The number of hydrogen-bond donors (Lipinski definition) is 0. The highest BCUT2D eigenvalue weighted by Crippen LogP contribution is 2.35. The number of hydrogen-bond acceptors (Lipinski definition) is 4. The summed E-state index contributed by atoms with van der Waals surface area (Å²) in [6.45, 7) is 2.53. The summed E-state index contributed by atoms with van der Waals surface area (Å²) in [6, 6.07) is 15.6. The van der Waals surface area contributed by atoms with Gasteiger partial charge in [-0.05, 0) is 53.9 Å². The van der Waals surface area contributed by atoms with Gasteiger partial charge in [0.15, 0.2) is 11.5 Å². The molecular formula is C26H29Cl2N3O3. The van der Waals surface area contributed by atoms with Gasteiger partial charge in [0.05, 0.1) is 36.9 Å². The van der Waals surface area contributed by atoms with Gasteiger partial charge in [-0.25, -0.2) is 0 Å². The van der Waals surface area contributed by atoms with E-state index in [1.165, 1.54) is 0 Å². The Morgan fingerprint density at radius 2 is 1.82 bits per heavy atom. The molecule has 1 aliphatic rings. The lowest BCUT2D eigenvalue weighted by molar-refractivity contribution is -0.131. The molecule has 0 aliphatic carbocycles. The second-order valence-electron chi connectivity index (χ2n) is 8.43. The van der Waals surface area contributed by atoms with Gasteiger partial charge >= 0.3 is 0 Å². The molecule has 1 aliphatic heterocycles. The minimum Gasteiger partial charge on any atom is -0.493 e. The van der Waals surface area contributed by atoms with Crippen molar-refractivity contribution in [2.24, 2.45) is 0 Å². The molecule has 0 N–H and O–H groups in total. The fraction of sp³-hybridized carbons (Fsp3) is 0.346. The zero-order chi connectivity index (χ0) is 24.2. The number of amides is 1. The molecule has 1 unspecified atom stereocenters. The van der Waals surface area contributed by atoms with Gasteiger partial charge in [0.25, 0.3) is 0 Å². The Hall–Kier alpha value is -2.67. The monoisotopic (exact) mass is 501 g/mol. The lowest BCUT2D eigenvalue weighted by Crippen LogP contribution is -2.45. The molecule has 4 rings (SSSR count). The SMILES string of the molecule is COc1ccc(CCN(C)C(=O)CN2CCn3cccc3C2c2ccc(Cl)c(Cl)c2)cc1OC. The van der Waals surface area contributed by atoms with E-state index in [-0.39, 0.29) is 11.9 Å². The Labute approximate surface area is 210 Å². The quantitative estimate of drug-likeness (QED) is 0.439. The molecule has 2 heterocycles. The number of ether oxygens (including phenoxy) is 2. The largest absolute Gasteiger partial charge is 0.493 e. The zero-order valence-electron chi connectivity index (χ0n) is 19.6. The summed E-state index contributed by atoms with van der Waals surface area (Å²) in [6.07, 6.45) is 2.80. The van der Waals surface area contributed by atoms with Crippen LogP contribution in [0.2, 0.25) is 10.0 Å². The average molecular weight is 502 g/mol. The van der Waals surface area contributed by atoms with Crippen molar-refractivity contribution in [3.63, 3.8) is 0 Å². The molecule has 1 atom stereocenters. The van der Waals surface area contributed by atoms with Crippen molar-refractivity contribution in [3.8, 4) is 11.5 Å². The Kier molecular flexibility index (Phi) is 7.71. The fourth-order valence-corrected chi connectivity index (χ4v) is 4.72. The number of halogens is 2. The maximum Gasteiger partial charge on any atom is 0.236 e. The number of fused-ring (bicyclic) bond motifs is 1. The first-order valence-corrected chi connectivity index (χ1v) is 12.0. The molecule has 34 heavy (non-hydrogen) atoms. The third-order valence-electron chi connectivity index (χ3n) is 6.35. The van der Waals surface area contributed by atoms with Crippen LogP contribution in [0.3, 0.4) is 0 Å². The topological polar surface area (TPSA) is 46.9 Å². The predicted octanol–water partition coefficient (Wildman–Crippen LogP) is 4.92. The lowest BCUT2D eigenvalue weighted by atomic mass is 10.00. The van der Waals surface area contributed by atoms with Crippen molar-refractivity contribution in [1.29, 1.82) is 0 Å². The summed E-state index contributed by atoms with van der Waals surface area (Å²) >= 11 is 12.5. The molecule has 6 nitrogen and oxygen atoms in total. The van der Waals surface area contributed by atoms with Crippen LogP contribution in [-0.2, 0) is 17.8 Å². The maximum absolute atomic E-state index is 13.2. The molecule has 180 valence electrons. The third kappa shape index (κ3) is 5.19. The van der Waals surface area contributed by atoms with E-state index in [9.17, 15) is 4.79 Å². The Balaban J connectivity index is 1.46. The zero-order valence-corrected chi connectivity index (χ0v) is 21.1. The van der Waals surface area contributed by atoms with E-state index in [1.54, 1.807) is 19.1 Å². The minimum absolute atomic E-state index is 0.0679. The van der Waals surface area contributed by atoms with E-state index < -0.39 is 0 Å². The van der Waals surface area contributed by atoms with Crippen molar-refractivity contribution >= 4 is 29.1 Å². The number of aromatic nitrogens is 1. The summed E-state index contributed by atoms with van der Waals surface area (Å²) in [5.74, 6) is 1.46. The van der Waals surface area contributed by atoms with Gasteiger partial charge in [0.2, 0.25) is 5.91 Å². The molecule has 3 aromatic rings. The average Bonchev–Trinajstić information content (AvgIpc) is 3.32. The van der Waals surface area contributed by atoms with Gasteiger partial charge in [-0.3, -0.25) is 9.69 Å². The Morgan fingerprint density at radius 1 is 1.03 bits per heavy atom. The third-order valence-corrected chi connectivity index (χ3v) is 7.08. The van der Waals surface area contributed by atoms with Crippen LogP contribution in [-0.4, -0.2) is 61.2 Å². The number of carbonyl (C=O) groups excluding carboxylic acids is 1. The van der Waals surface area contributed by atoms with Gasteiger partial charge in [-0.1, -0.05) is 35.3 Å². The van der Waals surface area contributed by atoms with Crippen LogP contribution >= 0.6 is 23.2 Å². The van der Waals surface area contributed by atoms with Crippen LogP contribution in [0.1, 0.15) is 22.9 Å². The number of carbonyl (C=O) groups is 1. The van der Waals surface area contributed by atoms with Crippen LogP contribution in [0.25, 0.3) is 0 Å². The van der Waals surface area contributed by atoms with E-state index in [4.69, 9.17) is 32.7 Å². The number of methoxy groups -OCH3 is 2. The van der Waals surface area contributed by atoms with Crippen molar-refractivity contribution < 1.29 is 14.3 Å². The maximum atomic E-state index is 13.2. The molecule has 0 radical (unpaired) electrons. The summed E-state index contributed by atoms with van der Waals surface area (Å²) < 4.78 is 12.9. The fourth-order valence-electron chi connectivity index (χ4n) is 4.42. The van der Waals surface area contributed by atoms with Crippen molar-refractivity contribution in [2.45, 2.75) is 19.0 Å². The molecule has 0 fully saturated rings. The number of rotatable bonds is 8. The first kappa shape index (κ1) is 24.5. The standard InChI is InChI=1S/C26H29Cl2N3O3/c1-29(12-10-18-6-9-23(33-2)24(15-18)34-3)25(32)17-31-14-13-30-11-4-5-22(30)26(31)19-7-8-20(27)21(28)16-19/h4-9,11,15-16,26H,10,12-14,17H2,1-3H3. The van der Waals surface area contributed by atoms with E-state index in [0.717, 1.165) is 36.3 Å². The Bertz CT molecular complexity index is 1160. The minimum atomic E-state index is -0.0679. The molecular weight excluding hydrogens is 473 g/mol. The van der Waals surface area contributed by atoms with Gasteiger partial charge in [-0.2, -0.15) is 0 Å². The van der Waals surface area contributed by atoms with Crippen LogP contribution in [0.4, 0.5) is 0 Å². The van der Waals surface area contributed by atoms with Crippen LogP contribution < -0.4 is 9.47 Å². The molecule has 0 bridgehead atoms. The smallest absolute Gasteiger partial charge is 0.236 e. The van der Waals surface area contributed by atoms with Gasteiger partial charge in [0, 0.05) is 38.6 Å². The van der Waals surface area contributed by atoms with Crippen LogP contribution in [0.15, 0.2) is 54.7 Å². The van der Waals surface area contributed by atoms with E-state index in [2.05, 4.69) is 21.7 Å². The molecule has 2 aromatic carbocycles. The van der Waals surface area contributed by atoms with Crippen LogP contribution in [0.5, 0.6) is 11.5 Å². The number of likely N-dealkylation sites (N-methyl/N-ethyl adjacent to an activating group) is 1. The van der Waals surface area contributed by atoms with Crippen molar-refractivity contribution in [3.05, 3.63) is 81.6 Å². The summed E-state index contributed by atoms with van der Waals surface area (Å²) in [5.41, 5.74) is 3.25. The van der Waals surface area contributed by atoms with Crippen molar-refractivity contribution in [1.82, 2.24) is 14.4 Å². The highest BCUT2D eigenvalue weighted by atomic mass is 35.5. The predicted molar refractivity (Wildman–Crippen MR) is 135 cm³/mol. The first-order chi connectivity index (χ1) is 16.4. The van der Waals surface area contributed by atoms with E-state index in [0.29, 0.717) is 34.6 Å². The van der Waals surface area contributed by atoms with Gasteiger partial charge in [0.1, 0.15) is 0 Å². The first-order valence-electron chi connectivity index (χ1n) is 11.2.